The lowest BCUT2D eigenvalue weighted by atomic mass is 10.2. The first kappa shape index (κ1) is 17.6. The van der Waals surface area contributed by atoms with Gasteiger partial charge in [0.05, 0.1) is 0 Å². The van der Waals surface area contributed by atoms with Gasteiger partial charge in [-0.05, 0) is 49.2 Å². The van der Waals surface area contributed by atoms with Crippen LogP contribution < -0.4 is 9.47 Å². The summed E-state index contributed by atoms with van der Waals surface area (Å²) < 4.78 is 39.0. The normalized spacial score (nSPS) is 10.5. The topological polar surface area (TPSA) is 35.5 Å². The maximum absolute atomic E-state index is 14.2. The van der Waals surface area contributed by atoms with Crippen molar-refractivity contribution >= 4 is 5.97 Å². The largest absolute Gasteiger partial charge is 0.453 e. The van der Waals surface area contributed by atoms with Gasteiger partial charge in [-0.25, -0.2) is 13.6 Å². The Morgan fingerprint density at radius 2 is 1.27 bits per heavy atom. The van der Waals surface area contributed by atoms with Crippen molar-refractivity contribution < 1.29 is 23.0 Å². The molecule has 0 N–H and O–H groups in total. The number of hydrogen-bond donors (Lipinski definition) is 0. The molecule has 3 aromatic rings. The summed E-state index contributed by atoms with van der Waals surface area (Å²) in [6.45, 7) is 3.19. The predicted molar refractivity (Wildman–Crippen MR) is 93.7 cm³/mol. The van der Waals surface area contributed by atoms with Crippen molar-refractivity contribution in [3.05, 3.63) is 89.0 Å². The summed E-state index contributed by atoms with van der Waals surface area (Å²) in [7, 11) is 0. The monoisotopic (exact) mass is 354 g/mol. The summed E-state index contributed by atoms with van der Waals surface area (Å²) >= 11 is 0. The summed E-state index contributed by atoms with van der Waals surface area (Å²) in [6.07, 6.45) is 0. The average molecular weight is 354 g/mol. The predicted octanol–water partition coefficient (Wildman–Crippen LogP) is 5.59. The van der Waals surface area contributed by atoms with Gasteiger partial charge in [0.1, 0.15) is 11.3 Å². The van der Waals surface area contributed by atoms with Crippen LogP contribution in [-0.2, 0) is 0 Å². The number of carbonyl (C=O) groups is 1. The average Bonchev–Trinajstić information content (AvgIpc) is 2.63. The van der Waals surface area contributed by atoms with Crippen LogP contribution in [0, 0.1) is 25.5 Å². The second-order valence-electron chi connectivity index (χ2n) is 5.76. The van der Waals surface area contributed by atoms with Crippen LogP contribution in [0.25, 0.3) is 0 Å². The van der Waals surface area contributed by atoms with Gasteiger partial charge in [0, 0.05) is 0 Å². The van der Waals surface area contributed by atoms with Gasteiger partial charge >= 0.3 is 5.97 Å². The van der Waals surface area contributed by atoms with E-state index in [2.05, 4.69) is 0 Å². The summed E-state index contributed by atoms with van der Waals surface area (Å²) in [6, 6.07) is 15.5. The molecular formula is C21H16F2O3. The number of aryl methyl sites for hydroxylation is 2. The molecule has 3 nitrogen and oxygen atoms in total. The van der Waals surface area contributed by atoms with Gasteiger partial charge < -0.3 is 9.47 Å². The van der Waals surface area contributed by atoms with Gasteiger partial charge in [0.25, 0.3) is 0 Å². The highest BCUT2D eigenvalue weighted by atomic mass is 19.1. The van der Waals surface area contributed by atoms with E-state index in [-0.39, 0.29) is 22.8 Å². The molecule has 132 valence electrons. The summed E-state index contributed by atoms with van der Waals surface area (Å²) in [5.74, 6) is -1.98. The minimum absolute atomic E-state index is 0.00742. The van der Waals surface area contributed by atoms with Gasteiger partial charge in [-0.15, -0.1) is 0 Å². The number of esters is 1. The summed E-state index contributed by atoms with van der Waals surface area (Å²) in [5.41, 5.74) is 0.848. The van der Waals surface area contributed by atoms with Gasteiger partial charge in [-0.2, -0.15) is 0 Å². The third-order valence-electron chi connectivity index (χ3n) is 3.84. The van der Waals surface area contributed by atoms with E-state index in [1.54, 1.807) is 50.2 Å². The first-order valence-electron chi connectivity index (χ1n) is 7.96. The zero-order valence-electron chi connectivity index (χ0n) is 14.3. The highest BCUT2D eigenvalue weighted by molar-refractivity contribution is 5.94. The molecule has 26 heavy (non-hydrogen) atoms. The Bertz CT molecular complexity index is 967. The van der Waals surface area contributed by atoms with Crippen molar-refractivity contribution in [1.29, 1.82) is 0 Å². The molecule has 0 aliphatic carbocycles. The second-order valence-corrected chi connectivity index (χ2v) is 5.76. The molecule has 0 amide bonds. The SMILES string of the molecule is Cc1cccc(OC(=O)c2ccccc2Oc2cccc(C)c2F)c1F. The lowest BCUT2D eigenvalue weighted by Crippen LogP contribution is -2.11. The molecule has 0 bridgehead atoms. The number of hydrogen-bond acceptors (Lipinski definition) is 3. The first-order chi connectivity index (χ1) is 12.5. The Morgan fingerprint density at radius 3 is 1.96 bits per heavy atom. The zero-order chi connectivity index (χ0) is 18.7. The van der Waals surface area contributed by atoms with Crippen molar-refractivity contribution in [2.24, 2.45) is 0 Å². The van der Waals surface area contributed by atoms with Gasteiger partial charge in [0.15, 0.2) is 23.1 Å². The van der Waals surface area contributed by atoms with Crippen LogP contribution in [-0.4, -0.2) is 5.97 Å². The molecular weight excluding hydrogens is 338 g/mol. The Labute approximate surface area is 149 Å². The molecule has 5 heteroatoms. The number of para-hydroxylation sites is 1. The van der Waals surface area contributed by atoms with Crippen molar-refractivity contribution in [2.45, 2.75) is 13.8 Å². The molecule has 0 saturated heterocycles. The van der Waals surface area contributed by atoms with Gasteiger partial charge in [-0.3, -0.25) is 0 Å². The van der Waals surface area contributed by atoms with Crippen molar-refractivity contribution in [3.8, 4) is 17.2 Å². The molecule has 0 aromatic heterocycles. The van der Waals surface area contributed by atoms with E-state index < -0.39 is 17.6 Å². The van der Waals surface area contributed by atoms with Crippen molar-refractivity contribution in [2.75, 3.05) is 0 Å². The van der Waals surface area contributed by atoms with Gasteiger partial charge in [0.2, 0.25) is 0 Å². The first-order valence-corrected chi connectivity index (χ1v) is 7.96. The minimum Gasteiger partial charge on any atom is -0.453 e. The summed E-state index contributed by atoms with van der Waals surface area (Å²) in [4.78, 5) is 12.5. The lowest BCUT2D eigenvalue weighted by molar-refractivity contribution is 0.0725. The van der Waals surface area contributed by atoms with E-state index in [0.717, 1.165) is 0 Å². The van der Waals surface area contributed by atoms with Crippen LogP contribution in [0.15, 0.2) is 60.7 Å². The van der Waals surface area contributed by atoms with E-state index in [1.807, 2.05) is 0 Å². The molecule has 0 aliphatic heterocycles. The quantitative estimate of drug-likeness (QED) is 0.452. The maximum Gasteiger partial charge on any atom is 0.347 e. The van der Waals surface area contributed by atoms with Crippen LogP contribution in [0.1, 0.15) is 21.5 Å². The zero-order valence-corrected chi connectivity index (χ0v) is 14.3. The smallest absolute Gasteiger partial charge is 0.347 e. The molecule has 0 unspecified atom stereocenters. The van der Waals surface area contributed by atoms with Crippen molar-refractivity contribution in [3.63, 3.8) is 0 Å². The number of carbonyl (C=O) groups excluding carboxylic acids is 1. The minimum atomic E-state index is -0.793. The van der Waals surface area contributed by atoms with E-state index in [1.165, 1.54) is 24.3 Å². The molecule has 0 spiro atoms. The van der Waals surface area contributed by atoms with Crippen LogP contribution in [0.2, 0.25) is 0 Å². The van der Waals surface area contributed by atoms with Gasteiger partial charge in [-0.1, -0.05) is 36.4 Å². The molecule has 3 aromatic carbocycles. The Balaban J connectivity index is 1.90. The fourth-order valence-corrected chi connectivity index (χ4v) is 2.40. The maximum atomic E-state index is 14.2. The van der Waals surface area contributed by atoms with Crippen LogP contribution in [0.3, 0.4) is 0 Å². The molecule has 3 rings (SSSR count). The van der Waals surface area contributed by atoms with Crippen molar-refractivity contribution in [1.82, 2.24) is 0 Å². The highest BCUT2D eigenvalue weighted by Crippen LogP contribution is 2.30. The third-order valence-corrected chi connectivity index (χ3v) is 3.84. The fraction of sp³-hybridized carbons (Fsp3) is 0.0952. The Morgan fingerprint density at radius 1 is 0.731 bits per heavy atom. The standard InChI is InChI=1S/C21H16F2O3/c1-13-7-5-11-17(19(13)22)25-16-10-4-3-9-15(16)21(24)26-18-12-6-8-14(2)20(18)23/h3-12H,1-2H3. The van der Waals surface area contributed by atoms with E-state index in [9.17, 15) is 13.6 Å². The number of rotatable bonds is 4. The molecule has 0 fully saturated rings. The molecule has 0 heterocycles. The Kier molecular flexibility index (Phi) is 4.98. The van der Waals surface area contributed by atoms with E-state index >= 15 is 0 Å². The van der Waals surface area contributed by atoms with E-state index in [4.69, 9.17) is 9.47 Å². The Hall–Kier alpha value is -3.21. The molecule has 0 aliphatic rings. The van der Waals surface area contributed by atoms with E-state index in [0.29, 0.717) is 11.1 Å². The molecule has 0 radical (unpaired) electrons. The third kappa shape index (κ3) is 3.57. The van der Waals surface area contributed by atoms with Crippen LogP contribution in [0.5, 0.6) is 17.2 Å². The molecule has 0 saturated carbocycles. The summed E-state index contributed by atoms with van der Waals surface area (Å²) in [5, 5.41) is 0. The second kappa shape index (κ2) is 7.35. The number of ether oxygens (including phenoxy) is 2. The number of halogens is 2. The highest BCUT2D eigenvalue weighted by Gasteiger charge is 2.18. The fourth-order valence-electron chi connectivity index (χ4n) is 2.40. The van der Waals surface area contributed by atoms with Crippen LogP contribution >= 0.6 is 0 Å². The molecule has 0 atom stereocenters. The number of benzene rings is 3. The lowest BCUT2D eigenvalue weighted by Gasteiger charge is -2.12. The van der Waals surface area contributed by atoms with Crippen LogP contribution in [0.4, 0.5) is 8.78 Å².